The zero-order valence-corrected chi connectivity index (χ0v) is 11.3. The van der Waals surface area contributed by atoms with Crippen LogP contribution >= 0.6 is 0 Å². The number of anilines is 1. The highest BCUT2D eigenvalue weighted by atomic mass is 19.1. The number of nitrogens with one attached hydrogen (secondary N) is 1. The molecule has 1 N–H and O–H groups in total. The van der Waals surface area contributed by atoms with Crippen LogP contribution in [0.15, 0.2) is 18.2 Å². The molecule has 1 aliphatic heterocycles. The van der Waals surface area contributed by atoms with Gasteiger partial charge in [0.25, 0.3) is 0 Å². The lowest BCUT2D eigenvalue weighted by Crippen LogP contribution is -2.25. The predicted molar refractivity (Wildman–Crippen MR) is 71.8 cm³/mol. The number of amides is 1. The summed E-state index contributed by atoms with van der Waals surface area (Å²) in [6.45, 7) is 3.94. The molecule has 1 atom stereocenters. The second kappa shape index (κ2) is 6.02. The molecule has 1 unspecified atom stereocenters. The fraction of sp³-hybridized carbons (Fsp3) is 0.500. The molecule has 5 heteroatoms. The van der Waals surface area contributed by atoms with E-state index < -0.39 is 0 Å². The Kier molecular flexibility index (Phi) is 4.37. The van der Waals surface area contributed by atoms with Crippen LogP contribution in [0.4, 0.5) is 10.1 Å². The highest BCUT2D eigenvalue weighted by Crippen LogP contribution is 2.27. The van der Waals surface area contributed by atoms with Gasteiger partial charge in [-0.1, -0.05) is 0 Å². The first kappa shape index (κ1) is 13.8. The molecule has 1 heterocycles. The molecule has 0 aliphatic carbocycles. The molecule has 0 spiro atoms. The third-order valence-electron chi connectivity index (χ3n) is 3.26. The number of hydrogen-bond donors (Lipinski definition) is 1. The molecule has 104 valence electrons. The Hall–Kier alpha value is -1.62. The van der Waals surface area contributed by atoms with Gasteiger partial charge < -0.3 is 15.0 Å². The average Bonchev–Trinajstić information content (AvgIpc) is 2.80. The molecule has 0 radical (unpaired) electrons. The zero-order valence-electron chi connectivity index (χ0n) is 11.3. The second-order valence-corrected chi connectivity index (χ2v) is 4.81. The fourth-order valence-electron chi connectivity index (χ4n) is 2.26. The zero-order chi connectivity index (χ0) is 13.8. The van der Waals surface area contributed by atoms with E-state index >= 15 is 0 Å². The van der Waals surface area contributed by atoms with E-state index in [-0.39, 0.29) is 17.6 Å². The van der Waals surface area contributed by atoms with E-state index in [9.17, 15) is 9.18 Å². The van der Waals surface area contributed by atoms with Gasteiger partial charge >= 0.3 is 0 Å². The molecule has 1 aromatic rings. The molecular weight excluding hydrogens is 247 g/mol. The Morgan fingerprint density at radius 2 is 2.37 bits per heavy atom. The Morgan fingerprint density at radius 3 is 3.00 bits per heavy atom. The van der Waals surface area contributed by atoms with Crippen LogP contribution in [-0.4, -0.2) is 37.6 Å². The molecule has 4 nitrogen and oxygen atoms in total. The van der Waals surface area contributed by atoms with Gasteiger partial charge in [0.05, 0.1) is 18.2 Å². The van der Waals surface area contributed by atoms with E-state index in [1.54, 1.807) is 0 Å². The van der Waals surface area contributed by atoms with Crippen molar-refractivity contribution in [3.63, 3.8) is 0 Å². The Morgan fingerprint density at radius 1 is 1.58 bits per heavy atom. The molecule has 0 saturated carbocycles. The first-order valence-corrected chi connectivity index (χ1v) is 6.52. The molecule has 19 heavy (non-hydrogen) atoms. The molecule has 2 rings (SSSR count). The van der Waals surface area contributed by atoms with Crippen molar-refractivity contribution in [1.29, 1.82) is 0 Å². The molecule has 1 saturated heterocycles. The van der Waals surface area contributed by atoms with E-state index in [0.717, 1.165) is 19.5 Å². The molecule has 0 bridgehead atoms. The van der Waals surface area contributed by atoms with Crippen LogP contribution in [0.2, 0.25) is 0 Å². The smallest absolute Gasteiger partial charge is 0.228 e. The van der Waals surface area contributed by atoms with E-state index in [4.69, 9.17) is 4.74 Å². The SMILES string of the molecule is CCOc1cc(F)ccc1NC(=O)C1CCN(C)C1. The number of benzene rings is 1. The van der Waals surface area contributed by atoms with Crippen LogP contribution in [0, 0.1) is 11.7 Å². The quantitative estimate of drug-likeness (QED) is 0.907. The molecule has 0 aromatic heterocycles. The number of nitrogens with zero attached hydrogens (tertiary/aromatic N) is 1. The normalized spacial score (nSPS) is 19.4. The number of likely N-dealkylation sites (tertiary alicyclic amines) is 1. The molecule has 1 fully saturated rings. The summed E-state index contributed by atoms with van der Waals surface area (Å²) in [5.41, 5.74) is 0.530. The lowest BCUT2D eigenvalue weighted by molar-refractivity contribution is -0.119. The number of halogens is 1. The summed E-state index contributed by atoms with van der Waals surface area (Å²) >= 11 is 0. The van der Waals surface area contributed by atoms with Gasteiger partial charge in [0.2, 0.25) is 5.91 Å². The van der Waals surface area contributed by atoms with Crippen molar-refractivity contribution >= 4 is 11.6 Å². The van der Waals surface area contributed by atoms with Crippen molar-refractivity contribution in [3.8, 4) is 5.75 Å². The Balaban J connectivity index is 2.07. The van der Waals surface area contributed by atoms with Gasteiger partial charge in [0.1, 0.15) is 11.6 Å². The monoisotopic (exact) mass is 266 g/mol. The van der Waals surface area contributed by atoms with Crippen LogP contribution in [0.3, 0.4) is 0 Å². The number of carbonyl (C=O) groups is 1. The minimum absolute atomic E-state index is 0.00969. The van der Waals surface area contributed by atoms with Crippen LogP contribution in [0.1, 0.15) is 13.3 Å². The number of rotatable bonds is 4. The maximum atomic E-state index is 13.2. The van der Waals surface area contributed by atoms with E-state index in [1.165, 1.54) is 18.2 Å². The second-order valence-electron chi connectivity index (χ2n) is 4.81. The van der Waals surface area contributed by atoms with Crippen molar-refractivity contribution in [3.05, 3.63) is 24.0 Å². The standard InChI is InChI=1S/C14H19FN2O2/c1-3-19-13-8-11(15)4-5-12(13)16-14(18)10-6-7-17(2)9-10/h4-5,8,10H,3,6-7,9H2,1-2H3,(H,16,18). The van der Waals surface area contributed by atoms with Crippen LogP contribution in [0.5, 0.6) is 5.75 Å². The van der Waals surface area contributed by atoms with Gasteiger partial charge in [-0.3, -0.25) is 4.79 Å². The Bertz CT molecular complexity index is 465. The van der Waals surface area contributed by atoms with Crippen molar-refractivity contribution in [2.75, 3.05) is 32.1 Å². The lowest BCUT2D eigenvalue weighted by Gasteiger charge is -2.14. The van der Waals surface area contributed by atoms with Gasteiger partial charge in [-0.05, 0) is 39.1 Å². The van der Waals surface area contributed by atoms with Crippen LogP contribution in [0.25, 0.3) is 0 Å². The largest absolute Gasteiger partial charge is 0.492 e. The molecule has 1 amide bonds. The third kappa shape index (κ3) is 3.44. The molecule has 1 aromatic carbocycles. The van der Waals surface area contributed by atoms with Crippen LogP contribution < -0.4 is 10.1 Å². The maximum Gasteiger partial charge on any atom is 0.228 e. The average molecular weight is 266 g/mol. The predicted octanol–water partition coefficient (Wildman–Crippen LogP) is 2.11. The van der Waals surface area contributed by atoms with Crippen molar-refractivity contribution in [2.45, 2.75) is 13.3 Å². The summed E-state index contributed by atoms with van der Waals surface area (Å²) in [6.07, 6.45) is 0.855. The minimum atomic E-state index is -0.373. The Labute approximate surface area is 112 Å². The van der Waals surface area contributed by atoms with Gasteiger partial charge in [-0.25, -0.2) is 4.39 Å². The van der Waals surface area contributed by atoms with Crippen LogP contribution in [-0.2, 0) is 4.79 Å². The van der Waals surface area contributed by atoms with Crippen molar-refractivity contribution in [1.82, 2.24) is 4.90 Å². The van der Waals surface area contributed by atoms with Crippen molar-refractivity contribution in [2.24, 2.45) is 5.92 Å². The first-order valence-electron chi connectivity index (χ1n) is 6.52. The van der Waals surface area contributed by atoms with E-state index in [0.29, 0.717) is 18.0 Å². The third-order valence-corrected chi connectivity index (χ3v) is 3.26. The lowest BCUT2D eigenvalue weighted by atomic mass is 10.1. The summed E-state index contributed by atoms with van der Waals surface area (Å²) in [5, 5.41) is 2.83. The van der Waals surface area contributed by atoms with Gasteiger partial charge in [0.15, 0.2) is 0 Å². The summed E-state index contributed by atoms with van der Waals surface area (Å²) in [4.78, 5) is 14.2. The summed E-state index contributed by atoms with van der Waals surface area (Å²) in [7, 11) is 2.00. The summed E-state index contributed by atoms with van der Waals surface area (Å²) in [5.74, 6) is -0.0364. The highest BCUT2D eigenvalue weighted by molar-refractivity contribution is 5.94. The van der Waals surface area contributed by atoms with Gasteiger partial charge in [-0.2, -0.15) is 0 Å². The number of ether oxygens (including phenoxy) is 1. The van der Waals surface area contributed by atoms with E-state index in [2.05, 4.69) is 10.2 Å². The molecular formula is C14H19FN2O2. The van der Waals surface area contributed by atoms with Crippen molar-refractivity contribution < 1.29 is 13.9 Å². The van der Waals surface area contributed by atoms with Gasteiger partial charge in [-0.15, -0.1) is 0 Å². The number of hydrogen-bond acceptors (Lipinski definition) is 3. The number of carbonyl (C=O) groups excluding carboxylic acids is 1. The fourth-order valence-corrected chi connectivity index (χ4v) is 2.26. The van der Waals surface area contributed by atoms with E-state index in [1.807, 2.05) is 14.0 Å². The highest BCUT2D eigenvalue weighted by Gasteiger charge is 2.26. The van der Waals surface area contributed by atoms with Gasteiger partial charge in [0, 0.05) is 12.6 Å². The molecule has 1 aliphatic rings. The topological polar surface area (TPSA) is 41.6 Å². The summed E-state index contributed by atoms with van der Waals surface area (Å²) < 4.78 is 18.5. The first-order chi connectivity index (χ1) is 9.10. The summed E-state index contributed by atoms with van der Waals surface area (Å²) in [6, 6.07) is 4.15. The minimum Gasteiger partial charge on any atom is -0.492 e. The maximum absolute atomic E-state index is 13.2.